The Balaban J connectivity index is 1.94. The third-order valence-electron chi connectivity index (χ3n) is 3.03. The molecule has 0 spiro atoms. The lowest BCUT2D eigenvalue weighted by Gasteiger charge is -2.02. The van der Waals surface area contributed by atoms with E-state index in [-0.39, 0.29) is 0 Å². The van der Waals surface area contributed by atoms with Gasteiger partial charge in [-0.1, -0.05) is 41.6 Å². The molecule has 0 unspecified atom stereocenters. The number of benzene rings is 2. The van der Waals surface area contributed by atoms with Crippen LogP contribution in [0.5, 0.6) is 0 Å². The minimum Gasteiger partial charge on any atom is -0.478 e. The highest BCUT2D eigenvalue weighted by molar-refractivity contribution is 6.05. The maximum atomic E-state index is 10.8. The Hall–Kier alpha value is -2.36. The van der Waals surface area contributed by atoms with E-state index in [9.17, 15) is 4.79 Å². The number of carboxylic acids is 1. The molecule has 0 amide bonds. The Bertz CT molecular complexity index is 648. The van der Waals surface area contributed by atoms with Gasteiger partial charge in [0.2, 0.25) is 6.10 Å². The summed E-state index contributed by atoms with van der Waals surface area (Å²) in [4.78, 5) is 15.7. The lowest BCUT2D eigenvalue weighted by Crippen LogP contribution is -2.19. The third kappa shape index (κ3) is 1.82. The number of fused-ring (bicyclic) bond motifs is 1. The standard InChI is InChI=1S/C14H11NO3/c16-14(17)13-8-12(15-18-13)11-6-5-9-3-1-2-4-10(9)7-11/h1-7,13H,8H2,(H,16,17)/t13-/m1/s1. The molecular weight excluding hydrogens is 230 g/mol. The Morgan fingerprint density at radius 1 is 1.22 bits per heavy atom. The van der Waals surface area contributed by atoms with Crippen molar-refractivity contribution in [2.24, 2.45) is 5.16 Å². The molecule has 1 aliphatic heterocycles. The lowest BCUT2D eigenvalue weighted by atomic mass is 10.0. The highest BCUT2D eigenvalue weighted by Crippen LogP contribution is 2.21. The predicted octanol–water partition coefficient (Wildman–Crippen LogP) is 2.42. The van der Waals surface area contributed by atoms with Gasteiger partial charge in [-0.2, -0.15) is 0 Å². The maximum absolute atomic E-state index is 10.8. The largest absolute Gasteiger partial charge is 0.478 e. The fourth-order valence-electron chi connectivity index (χ4n) is 2.05. The van der Waals surface area contributed by atoms with Crippen LogP contribution in [0.3, 0.4) is 0 Å². The monoisotopic (exact) mass is 241 g/mol. The summed E-state index contributed by atoms with van der Waals surface area (Å²) >= 11 is 0. The number of carboxylic acid groups (broad SMARTS) is 1. The first-order valence-corrected chi connectivity index (χ1v) is 5.69. The zero-order valence-electron chi connectivity index (χ0n) is 9.54. The van der Waals surface area contributed by atoms with Gasteiger partial charge in [0.1, 0.15) is 0 Å². The minimum atomic E-state index is -0.977. The van der Waals surface area contributed by atoms with Gasteiger partial charge in [-0.3, -0.25) is 0 Å². The fourth-order valence-corrected chi connectivity index (χ4v) is 2.05. The van der Waals surface area contributed by atoms with E-state index in [1.54, 1.807) is 0 Å². The van der Waals surface area contributed by atoms with E-state index in [2.05, 4.69) is 5.16 Å². The summed E-state index contributed by atoms with van der Waals surface area (Å²) < 4.78 is 0. The molecule has 1 heterocycles. The van der Waals surface area contributed by atoms with Crippen LogP contribution in [0.4, 0.5) is 0 Å². The summed E-state index contributed by atoms with van der Waals surface area (Å²) in [5.74, 6) is -0.977. The molecule has 0 fully saturated rings. The van der Waals surface area contributed by atoms with Crippen molar-refractivity contribution < 1.29 is 14.7 Å². The van der Waals surface area contributed by atoms with Gasteiger partial charge >= 0.3 is 5.97 Å². The van der Waals surface area contributed by atoms with Gasteiger partial charge in [0, 0.05) is 12.0 Å². The molecule has 18 heavy (non-hydrogen) atoms. The SMILES string of the molecule is O=C(O)[C@H]1CC(c2ccc3ccccc3c2)=NO1. The van der Waals surface area contributed by atoms with Gasteiger partial charge in [-0.15, -0.1) is 0 Å². The number of carbonyl (C=O) groups is 1. The molecule has 90 valence electrons. The first-order chi connectivity index (χ1) is 8.74. The second kappa shape index (κ2) is 4.14. The molecule has 1 N–H and O–H groups in total. The molecule has 0 aliphatic carbocycles. The summed E-state index contributed by atoms with van der Waals surface area (Å²) in [6.07, 6.45) is -0.542. The molecule has 2 aromatic rings. The molecule has 1 atom stereocenters. The van der Waals surface area contributed by atoms with Crippen LogP contribution in [0, 0.1) is 0 Å². The maximum Gasteiger partial charge on any atom is 0.348 e. The smallest absolute Gasteiger partial charge is 0.348 e. The van der Waals surface area contributed by atoms with Gasteiger partial charge in [-0.05, 0) is 16.8 Å². The van der Waals surface area contributed by atoms with Crippen LogP contribution in [-0.2, 0) is 9.63 Å². The van der Waals surface area contributed by atoms with E-state index < -0.39 is 12.1 Å². The summed E-state index contributed by atoms with van der Waals surface area (Å²) in [5, 5.41) is 15.0. The van der Waals surface area contributed by atoms with E-state index in [0.717, 1.165) is 16.3 Å². The van der Waals surface area contributed by atoms with Crippen LogP contribution in [0.15, 0.2) is 47.6 Å². The van der Waals surface area contributed by atoms with Crippen molar-refractivity contribution in [2.75, 3.05) is 0 Å². The van der Waals surface area contributed by atoms with Crippen molar-refractivity contribution in [3.63, 3.8) is 0 Å². The zero-order valence-corrected chi connectivity index (χ0v) is 9.54. The second-order valence-electron chi connectivity index (χ2n) is 4.24. The van der Waals surface area contributed by atoms with Gasteiger partial charge in [0.15, 0.2) is 0 Å². The fraction of sp³-hybridized carbons (Fsp3) is 0.143. The van der Waals surface area contributed by atoms with Gasteiger partial charge in [-0.25, -0.2) is 4.79 Å². The molecule has 1 aliphatic rings. The molecule has 0 saturated carbocycles. The van der Waals surface area contributed by atoms with Crippen molar-refractivity contribution in [2.45, 2.75) is 12.5 Å². The van der Waals surface area contributed by atoms with Gasteiger partial charge in [0.25, 0.3) is 0 Å². The van der Waals surface area contributed by atoms with Crippen LogP contribution in [0.2, 0.25) is 0 Å². The summed E-state index contributed by atoms with van der Waals surface area (Å²) in [5.41, 5.74) is 1.60. The Kier molecular flexibility index (Phi) is 2.48. The Labute approximate surface area is 103 Å². The van der Waals surface area contributed by atoms with E-state index in [1.165, 1.54) is 0 Å². The van der Waals surface area contributed by atoms with Gasteiger partial charge < -0.3 is 9.94 Å². The van der Waals surface area contributed by atoms with Crippen molar-refractivity contribution >= 4 is 22.5 Å². The highest BCUT2D eigenvalue weighted by Gasteiger charge is 2.28. The van der Waals surface area contributed by atoms with Crippen molar-refractivity contribution in [3.05, 3.63) is 48.0 Å². The molecule has 3 rings (SSSR count). The first-order valence-electron chi connectivity index (χ1n) is 5.69. The summed E-state index contributed by atoms with van der Waals surface area (Å²) in [6.45, 7) is 0. The van der Waals surface area contributed by atoms with Crippen LogP contribution >= 0.6 is 0 Å². The highest BCUT2D eigenvalue weighted by atomic mass is 16.7. The van der Waals surface area contributed by atoms with E-state index in [0.29, 0.717) is 12.1 Å². The number of nitrogens with zero attached hydrogens (tertiary/aromatic N) is 1. The normalized spacial score (nSPS) is 18.4. The van der Waals surface area contributed by atoms with Crippen LogP contribution < -0.4 is 0 Å². The first kappa shape index (κ1) is 10.8. The van der Waals surface area contributed by atoms with Crippen molar-refractivity contribution in [1.29, 1.82) is 0 Å². The number of rotatable bonds is 2. The quantitative estimate of drug-likeness (QED) is 0.878. The Morgan fingerprint density at radius 3 is 2.72 bits per heavy atom. The average molecular weight is 241 g/mol. The van der Waals surface area contributed by atoms with Crippen molar-refractivity contribution in [3.8, 4) is 0 Å². The average Bonchev–Trinajstić information content (AvgIpc) is 2.88. The summed E-state index contributed by atoms with van der Waals surface area (Å²) in [6, 6.07) is 13.9. The van der Waals surface area contributed by atoms with Crippen LogP contribution in [-0.4, -0.2) is 22.9 Å². The lowest BCUT2D eigenvalue weighted by molar-refractivity contribution is -0.148. The second-order valence-corrected chi connectivity index (χ2v) is 4.24. The van der Waals surface area contributed by atoms with E-state index in [4.69, 9.17) is 9.94 Å². The number of oxime groups is 1. The number of hydrogen-bond donors (Lipinski definition) is 1. The topological polar surface area (TPSA) is 58.9 Å². The molecule has 0 aromatic heterocycles. The summed E-state index contributed by atoms with van der Waals surface area (Å²) in [7, 11) is 0. The van der Waals surface area contributed by atoms with Crippen LogP contribution in [0.25, 0.3) is 10.8 Å². The van der Waals surface area contributed by atoms with Crippen LogP contribution in [0.1, 0.15) is 12.0 Å². The molecule has 0 radical (unpaired) electrons. The molecule has 0 bridgehead atoms. The zero-order chi connectivity index (χ0) is 12.5. The molecule has 0 saturated heterocycles. The number of aliphatic carboxylic acids is 1. The third-order valence-corrected chi connectivity index (χ3v) is 3.03. The molecule has 4 heteroatoms. The minimum absolute atomic E-state index is 0.313. The predicted molar refractivity (Wildman–Crippen MR) is 67.6 cm³/mol. The molecule has 4 nitrogen and oxygen atoms in total. The number of hydrogen-bond acceptors (Lipinski definition) is 3. The molecule has 2 aromatic carbocycles. The van der Waals surface area contributed by atoms with Crippen molar-refractivity contribution in [1.82, 2.24) is 0 Å². The Morgan fingerprint density at radius 2 is 2.00 bits per heavy atom. The van der Waals surface area contributed by atoms with E-state index >= 15 is 0 Å². The molecular formula is C14H11NO3. The van der Waals surface area contributed by atoms with Gasteiger partial charge in [0.05, 0.1) is 5.71 Å². The van der Waals surface area contributed by atoms with E-state index in [1.807, 2.05) is 42.5 Å².